The van der Waals surface area contributed by atoms with Crippen LogP contribution in [-0.4, -0.2) is 22.2 Å². The van der Waals surface area contributed by atoms with Crippen molar-refractivity contribution in [3.63, 3.8) is 0 Å². The molecule has 104 valence electrons. The summed E-state index contributed by atoms with van der Waals surface area (Å²) in [6, 6.07) is 3.16. The minimum Gasteiger partial charge on any atom is -0.478 e. The van der Waals surface area contributed by atoms with Gasteiger partial charge >= 0.3 is 11.9 Å². The molecule has 4 heteroatoms. The van der Waals surface area contributed by atoms with E-state index in [-0.39, 0.29) is 11.1 Å². The van der Waals surface area contributed by atoms with Crippen molar-refractivity contribution in [3.8, 4) is 0 Å². The van der Waals surface area contributed by atoms with Crippen LogP contribution in [0, 0.1) is 0 Å². The van der Waals surface area contributed by atoms with E-state index in [0.717, 1.165) is 24.8 Å². The van der Waals surface area contributed by atoms with Crippen molar-refractivity contribution in [3.05, 3.63) is 34.4 Å². The van der Waals surface area contributed by atoms with Gasteiger partial charge in [0.05, 0.1) is 11.1 Å². The minimum atomic E-state index is -1.06. The molecule has 0 spiro atoms. The van der Waals surface area contributed by atoms with Crippen molar-refractivity contribution < 1.29 is 19.8 Å². The predicted octanol–water partition coefficient (Wildman–Crippen LogP) is 3.38. The molecule has 0 aliphatic rings. The summed E-state index contributed by atoms with van der Waals surface area (Å²) in [5.74, 6) is -2.09. The summed E-state index contributed by atoms with van der Waals surface area (Å²) in [6.45, 7) is 3.97. The maximum atomic E-state index is 11.5. The molecule has 0 radical (unpaired) electrons. The molecule has 4 nitrogen and oxygen atoms in total. The van der Waals surface area contributed by atoms with Gasteiger partial charge in [0.15, 0.2) is 0 Å². The summed E-state index contributed by atoms with van der Waals surface area (Å²) in [7, 11) is 0. The Balaban J connectivity index is 3.41. The van der Waals surface area contributed by atoms with Crippen LogP contribution >= 0.6 is 0 Å². The fraction of sp³-hybridized carbons (Fsp3) is 0.467. The zero-order valence-corrected chi connectivity index (χ0v) is 11.4. The molecule has 0 bridgehead atoms. The van der Waals surface area contributed by atoms with Gasteiger partial charge in [0.1, 0.15) is 0 Å². The number of aromatic carboxylic acids is 2. The van der Waals surface area contributed by atoms with Gasteiger partial charge in [-0.05, 0) is 36.5 Å². The lowest BCUT2D eigenvalue weighted by Gasteiger charge is -2.14. The quantitative estimate of drug-likeness (QED) is 0.791. The molecule has 2 N–H and O–H groups in total. The van der Waals surface area contributed by atoms with E-state index in [1.54, 1.807) is 6.07 Å². The van der Waals surface area contributed by atoms with Crippen LogP contribution < -0.4 is 0 Å². The van der Waals surface area contributed by atoms with Gasteiger partial charge in [-0.1, -0.05) is 32.8 Å². The summed E-state index contributed by atoms with van der Waals surface area (Å²) in [5.41, 5.74) is 1.50. The first-order chi connectivity index (χ1) is 9.02. The van der Waals surface area contributed by atoms with Gasteiger partial charge in [-0.15, -0.1) is 0 Å². The van der Waals surface area contributed by atoms with Gasteiger partial charge < -0.3 is 10.2 Å². The standard InChI is InChI=1S/C15H20O4/c1-3-5-7-11-12(14(16)17)9-8-10(6-4-2)13(11)15(18)19/h8-9H,3-7H2,1-2H3,(H,16,17)(H,18,19). The van der Waals surface area contributed by atoms with Crippen LogP contribution in [0.1, 0.15) is 65.0 Å². The van der Waals surface area contributed by atoms with Crippen LogP contribution in [0.25, 0.3) is 0 Å². The molecule has 1 aromatic carbocycles. The molecule has 0 amide bonds. The second-order valence-corrected chi connectivity index (χ2v) is 4.59. The molecular weight excluding hydrogens is 244 g/mol. The number of unbranched alkanes of at least 4 members (excludes halogenated alkanes) is 1. The Bertz CT molecular complexity index is 477. The van der Waals surface area contributed by atoms with Crippen molar-refractivity contribution in [2.45, 2.75) is 46.0 Å². The highest BCUT2D eigenvalue weighted by Gasteiger charge is 2.21. The highest BCUT2D eigenvalue weighted by atomic mass is 16.4. The lowest BCUT2D eigenvalue weighted by Crippen LogP contribution is -2.13. The van der Waals surface area contributed by atoms with Gasteiger partial charge in [-0.2, -0.15) is 0 Å². The molecule has 0 aliphatic heterocycles. The van der Waals surface area contributed by atoms with Crippen molar-refractivity contribution in [2.75, 3.05) is 0 Å². The Kier molecular flexibility index (Phi) is 5.55. The monoisotopic (exact) mass is 264 g/mol. The first-order valence-electron chi connectivity index (χ1n) is 6.64. The van der Waals surface area contributed by atoms with Crippen LogP contribution in [0.4, 0.5) is 0 Å². The van der Waals surface area contributed by atoms with E-state index in [1.165, 1.54) is 6.07 Å². The van der Waals surface area contributed by atoms with Crippen molar-refractivity contribution in [2.24, 2.45) is 0 Å². The fourth-order valence-electron chi connectivity index (χ4n) is 2.25. The van der Waals surface area contributed by atoms with E-state index in [0.29, 0.717) is 18.4 Å². The largest absolute Gasteiger partial charge is 0.478 e. The Morgan fingerprint density at radius 1 is 1.00 bits per heavy atom. The van der Waals surface area contributed by atoms with Crippen LogP contribution in [-0.2, 0) is 12.8 Å². The molecule has 0 saturated carbocycles. The zero-order valence-electron chi connectivity index (χ0n) is 11.4. The van der Waals surface area contributed by atoms with E-state index in [4.69, 9.17) is 0 Å². The topological polar surface area (TPSA) is 74.6 Å². The average molecular weight is 264 g/mol. The number of hydrogen-bond donors (Lipinski definition) is 2. The van der Waals surface area contributed by atoms with Gasteiger partial charge in [-0.25, -0.2) is 9.59 Å². The van der Waals surface area contributed by atoms with Crippen molar-refractivity contribution in [1.29, 1.82) is 0 Å². The first-order valence-corrected chi connectivity index (χ1v) is 6.64. The summed E-state index contributed by atoms with van der Waals surface area (Å²) in [6.07, 6.45) is 3.67. The summed E-state index contributed by atoms with van der Waals surface area (Å²) < 4.78 is 0. The highest BCUT2D eigenvalue weighted by Crippen LogP contribution is 2.23. The van der Waals surface area contributed by atoms with Crippen LogP contribution in [0.3, 0.4) is 0 Å². The number of hydrogen-bond acceptors (Lipinski definition) is 2. The number of rotatable bonds is 7. The van der Waals surface area contributed by atoms with E-state index in [2.05, 4.69) is 0 Å². The molecule has 1 rings (SSSR count). The lowest BCUT2D eigenvalue weighted by atomic mass is 9.90. The third-order valence-electron chi connectivity index (χ3n) is 3.14. The lowest BCUT2D eigenvalue weighted by molar-refractivity contribution is 0.0694. The normalized spacial score (nSPS) is 10.4. The zero-order chi connectivity index (χ0) is 14.4. The molecule has 0 atom stereocenters. The van der Waals surface area contributed by atoms with Gasteiger partial charge in [0, 0.05) is 0 Å². The molecule has 0 unspecified atom stereocenters. The number of carbonyl (C=O) groups is 2. The summed E-state index contributed by atoms with van der Waals surface area (Å²) >= 11 is 0. The molecule has 0 fully saturated rings. The van der Waals surface area contributed by atoms with Gasteiger partial charge in [0.25, 0.3) is 0 Å². The van der Waals surface area contributed by atoms with Crippen molar-refractivity contribution in [1.82, 2.24) is 0 Å². The minimum absolute atomic E-state index is 0.116. The number of carboxylic acids is 2. The maximum absolute atomic E-state index is 11.5. The summed E-state index contributed by atoms with van der Waals surface area (Å²) in [4.78, 5) is 22.7. The van der Waals surface area contributed by atoms with Crippen LogP contribution in [0.5, 0.6) is 0 Å². The van der Waals surface area contributed by atoms with E-state index in [9.17, 15) is 19.8 Å². The highest BCUT2D eigenvalue weighted by molar-refractivity contribution is 5.97. The molecule has 0 aromatic heterocycles. The number of aryl methyl sites for hydroxylation is 1. The van der Waals surface area contributed by atoms with Crippen molar-refractivity contribution >= 4 is 11.9 Å². The van der Waals surface area contributed by atoms with E-state index < -0.39 is 11.9 Å². The Labute approximate surface area is 113 Å². The second kappa shape index (κ2) is 6.92. The second-order valence-electron chi connectivity index (χ2n) is 4.59. The third kappa shape index (κ3) is 3.56. The fourth-order valence-corrected chi connectivity index (χ4v) is 2.25. The molecule has 0 aliphatic carbocycles. The van der Waals surface area contributed by atoms with Crippen LogP contribution in [0.2, 0.25) is 0 Å². The van der Waals surface area contributed by atoms with E-state index >= 15 is 0 Å². The molecule has 0 heterocycles. The van der Waals surface area contributed by atoms with Crippen LogP contribution in [0.15, 0.2) is 12.1 Å². The first kappa shape index (κ1) is 15.2. The molecule has 1 aromatic rings. The Morgan fingerprint density at radius 2 is 1.68 bits per heavy atom. The predicted molar refractivity (Wildman–Crippen MR) is 73.0 cm³/mol. The maximum Gasteiger partial charge on any atom is 0.336 e. The molecule has 0 saturated heterocycles. The molecular formula is C15H20O4. The van der Waals surface area contributed by atoms with Gasteiger partial charge in [0.2, 0.25) is 0 Å². The smallest absolute Gasteiger partial charge is 0.336 e. The SMILES string of the molecule is CCCCc1c(C(=O)O)ccc(CCC)c1C(=O)O. The number of carboxylic acid groups (broad SMARTS) is 2. The van der Waals surface area contributed by atoms with Gasteiger partial charge in [-0.3, -0.25) is 0 Å². The van der Waals surface area contributed by atoms with E-state index in [1.807, 2.05) is 13.8 Å². The molecule has 19 heavy (non-hydrogen) atoms. The third-order valence-corrected chi connectivity index (χ3v) is 3.14. The number of benzene rings is 1. The summed E-state index contributed by atoms with van der Waals surface area (Å²) in [5, 5.41) is 18.6. The Morgan fingerprint density at radius 3 is 2.16 bits per heavy atom. The average Bonchev–Trinajstić information content (AvgIpc) is 2.35. The Hall–Kier alpha value is -1.84.